The Kier molecular flexibility index (Phi) is 4.49. The molecule has 0 fully saturated rings. The summed E-state index contributed by atoms with van der Waals surface area (Å²) < 4.78 is 0. The van der Waals surface area contributed by atoms with Crippen LogP contribution in [0.25, 0.3) is 0 Å². The number of nitrogens with one attached hydrogen (secondary N) is 2. The summed E-state index contributed by atoms with van der Waals surface area (Å²) >= 11 is 0. The van der Waals surface area contributed by atoms with Crippen molar-refractivity contribution in [2.45, 2.75) is 26.4 Å². The minimum Gasteiger partial charge on any atom is -0.348 e. The highest BCUT2D eigenvalue weighted by Crippen LogP contribution is 2.11. The van der Waals surface area contributed by atoms with Gasteiger partial charge in [-0.1, -0.05) is 24.3 Å². The topological polar surface area (TPSA) is 101 Å². The van der Waals surface area contributed by atoms with Crippen molar-refractivity contribution in [3.8, 4) is 0 Å². The van der Waals surface area contributed by atoms with Gasteiger partial charge in [0, 0.05) is 24.5 Å². The van der Waals surface area contributed by atoms with E-state index < -0.39 is 5.69 Å². The van der Waals surface area contributed by atoms with Crippen LogP contribution in [0.15, 0.2) is 35.3 Å². The predicted octanol–water partition coefficient (Wildman–Crippen LogP) is 1.03. The zero-order valence-electron chi connectivity index (χ0n) is 12.0. The van der Waals surface area contributed by atoms with Crippen LogP contribution >= 0.6 is 0 Å². The lowest BCUT2D eigenvalue weighted by molar-refractivity contribution is 0.0949. The highest BCUT2D eigenvalue weighted by atomic mass is 16.2. The van der Waals surface area contributed by atoms with Crippen molar-refractivity contribution in [2.24, 2.45) is 5.73 Å². The van der Waals surface area contributed by atoms with Crippen LogP contribution in [0.5, 0.6) is 0 Å². The molecule has 21 heavy (non-hydrogen) atoms. The fraction of sp³-hybridized carbons (Fsp3) is 0.267. The Hall–Kier alpha value is -2.47. The van der Waals surface area contributed by atoms with Crippen molar-refractivity contribution in [1.82, 2.24) is 15.3 Å². The van der Waals surface area contributed by atoms with E-state index in [2.05, 4.69) is 15.3 Å². The van der Waals surface area contributed by atoms with Gasteiger partial charge in [0.1, 0.15) is 0 Å². The summed E-state index contributed by atoms with van der Waals surface area (Å²) in [7, 11) is 0. The number of carbonyl (C=O) groups is 1. The number of hydrogen-bond acceptors (Lipinski definition) is 4. The molecule has 1 unspecified atom stereocenters. The first-order valence-corrected chi connectivity index (χ1v) is 6.66. The van der Waals surface area contributed by atoms with Gasteiger partial charge in [-0.05, 0) is 25.0 Å². The van der Waals surface area contributed by atoms with Crippen molar-refractivity contribution in [1.29, 1.82) is 0 Å². The molecule has 1 heterocycles. The molecule has 6 nitrogen and oxygen atoms in total. The van der Waals surface area contributed by atoms with Gasteiger partial charge >= 0.3 is 5.69 Å². The van der Waals surface area contributed by atoms with Crippen LogP contribution in [0.2, 0.25) is 0 Å². The van der Waals surface area contributed by atoms with E-state index in [1.54, 1.807) is 6.92 Å². The van der Waals surface area contributed by atoms with E-state index >= 15 is 0 Å². The van der Waals surface area contributed by atoms with Crippen LogP contribution < -0.4 is 16.7 Å². The Labute approximate surface area is 122 Å². The first-order chi connectivity index (χ1) is 9.97. The number of nitrogens with zero attached hydrogens (tertiary/aromatic N) is 1. The first kappa shape index (κ1) is 14.9. The molecule has 110 valence electrons. The number of aromatic nitrogens is 2. The summed E-state index contributed by atoms with van der Waals surface area (Å²) in [5.74, 6) is -0.271. The van der Waals surface area contributed by atoms with Crippen molar-refractivity contribution >= 4 is 5.91 Å². The van der Waals surface area contributed by atoms with Crippen LogP contribution in [-0.4, -0.2) is 15.9 Å². The van der Waals surface area contributed by atoms with Gasteiger partial charge in [0.15, 0.2) is 0 Å². The molecule has 0 aliphatic carbocycles. The van der Waals surface area contributed by atoms with Crippen LogP contribution in [0.3, 0.4) is 0 Å². The number of H-pyrrole nitrogens is 1. The maximum absolute atomic E-state index is 12.0. The van der Waals surface area contributed by atoms with Crippen LogP contribution in [0.1, 0.15) is 40.1 Å². The van der Waals surface area contributed by atoms with Gasteiger partial charge in [0.2, 0.25) is 0 Å². The first-order valence-electron chi connectivity index (χ1n) is 6.66. The molecule has 1 aromatic heterocycles. The molecule has 2 rings (SSSR count). The monoisotopic (exact) mass is 286 g/mol. The lowest BCUT2D eigenvalue weighted by Gasteiger charge is -2.09. The van der Waals surface area contributed by atoms with Crippen LogP contribution in [0, 0.1) is 6.92 Å². The molecule has 0 saturated heterocycles. The number of rotatable bonds is 4. The number of nitrogens with two attached hydrogens (primary N) is 1. The van der Waals surface area contributed by atoms with Crippen LogP contribution in [-0.2, 0) is 6.54 Å². The van der Waals surface area contributed by atoms with Gasteiger partial charge < -0.3 is 16.0 Å². The molecule has 4 N–H and O–H groups in total. The van der Waals surface area contributed by atoms with Crippen molar-refractivity contribution < 1.29 is 4.79 Å². The summed E-state index contributed by atoms with van der Waals surface area (Å²) in [5, 5.41) is 2.79. The number of benzene rings is 1. The number of carbonyl (C=O) groups excluding carboxylic acids is 1. The normalized spacial score (nSPS) is 12.0. The SMILES string of the molecule is Cc1[nH]c(=O)ncc1C(=O)NCc1ccc(C(C)N)cc1. The molecule has 0 radical (unpaired) electrons. The molecular formula is C15H18N4O2. The van der Waals surface area contributed by atoms with E-state index in [0.29, 0.717) is 17.8 Å². The summed E-state index contributed by atoms with van der Waals surface area (Å²) in [5.41, 5.74) is 8.21. The number of aromatic amines is 1. The Morgan fingerprint density at radius 2 is 2.05 bits per heavy atom. The fourth-order valence-electron chi connectivity index (χ4n) is 1.93. The number of aryl methyl sites for hydroxylation is 1. The summed E-state index contributed by atoms with van der Waals surface area (Å²) in [4.78, 5) is 29.1. The number of hydrogen-bond donors (Lipinski definition) is 3. The lowest BCUT2D eigenvalue weighted by atomic mass is 10.1. The molecule has 0 aliphatic heterocycles. The molecule has 1 amide bonds. The van der Waals surface area contributed by atoms with Gasteiger partial charge in [-0.25, -0.2) is 9.78 Å². The molecule has 1 aromatic carbocycles. The molecule has 0 bridgehead atoms. The Bertz CT molecular complexity index is 690. The minimum atomic E-state index is -0.462. The smallest absolute Gasteiger partial charge is 0.345 e. The molecule has 1 atom stereocenters. The minimum absolute atomic E-state index is 0.0106. The second kappa shape index (κ2) is 6.32. The van der Waals surface area contributed by atoms with E-state index in [9.17, 15) is 9.59 Å². The van der Waals surface area contributed by atoms with Gasteiger partial charge in [-0.2, -0.15) is 0 Å². The van der Waals surface area contributed by atoms with E-state index in [1.165, 1.54) is 6.20 Å². The maximum Gasteiger partial charge on any atom is 0.345 e. The Morgan fingerprint density at radius 1 is 1.38 bits per heavy atom. The Morgan fingerprint density at radius 3 is 2.62 bits per heavy atom. The number of amides is 1. The zero-order chi connectivity index (χ0) is 15.4. The molecule has 0 saturated carbocycles. The van der Waals surface area contributed by atoms with Crippen molar-refractivity contribution in [2.75, 3.05) is 0 Å². The standard InChI is InChI=1S/C15H18N4O2/c1-9(16)12-5-3-11(4-6-12)7-17-14(20)13-8-18-15(21)19-10(13)2/h3-6,8-9H,7,16H2,1-2H3,(H,17,20)(H,18,19,21). The van der Waals surface area contributed by atoms with Gasteiger partial charge in [-0.3, -0.25) is 4.79 Å². The molecule has 0 aliphatic rings. The summed E-state index contributed by atoms with van der Waals surface area (Å²) in [6, 6.07) is 7.73. The maximum atomic E-state index is 12.0. The quantitative estimate of drug-likeness (QED) is 0.781. The Balaban J connectivity index is 2.02. The molecular weight excluding hydrogens is 268 g/mol. The highest BCUT2D eigenvalue weighted by molar-refractivity contribution is 5.94. The second-order valence-electron chi connectivity index (χ2n) is 4.94. The third-order valence-electron chi connectivity index (χ3n) is 3.21. The molecule has 2 aromatic rings. The van der Waals surface area contributed by atoms with E-state index in [0.717, 1.165) is 11.1 Å². The van der Waals surface area contributed by atoms with Crippen molar-refractivity contribution in [3.05, 3.63) is 63.3 Å². The van der Waals surface area contributed by atoms with Crippen molar-refractivity contribution in [3.63, 3.8) is 0 Å². The highest BCUT2D eigenvalue weighted by Gasteiger charge is 2.10. The second-order valence-corrected chi connectivity index (χ2v) is 4.94. The average molecular weight is 286 g/mol. The molecule has 0 spiro atoms. The third-order valence-corrected chi connectivity index (χ3v) is 3.21. The third kappa shape index (κ3) is 3.76. The fourth-order valence-corrected chi connectivity index (χ4v) is 1.93. The summed E-state index contributed by atoms with van der Waals surface area (Å²) in [6.45, 7) is 3.98. The van der Waals surface area contributed by atoms with Crippen LogP contribution in [0.4, 0.5) is 0 Å². The van der Waals surface area contributed by atoms with Gasteiger partial charge in [-0.15, -0.1) is 0 Å². The average Bonchev–Trinajstić information content (AvgIpc) is 2.45. The molecule has 6 heteroatoms. The lowest BCUT2D eigenvalue weighted by Crippen LogP contribution is -2.26. The largest absolute Gasteiger partial charge is 0.348 e. The zero-order valence-corrected chi connectivity index (χ0v) is 12.0. The summed E-state index contributed by atoms with van der Waals surface area (Å²) in [6.07, 6.45) is 1.28. The van der Waals surface area contributed by atoms with E-state index in [1.807, 2.05) is 31.2 Å². The predicted molar refractivity (Wildman–Crippen MR) is 79.8 cm³/mol. The van der Waals surface area contributed by atoms with Gasteiger partial charge in [0.05, 0.1) is 5.56 Å². The van der Waals surface area contributed by atoms with E-state index in [-0.39, 0.29) is 11.9 Å². The van der Waals surface area contributed by atoms with Gasteiger partial charge in [0.25, 0.3) is 5.91 Å². The van der Waals surface area contributed by atoms with E-state index in [4.69, 9.17) is 5.73 Å².